The fraction of sp³-hybridized carbons (Fsp3) is 0.538. The van der Waals surface area contributed by atoms with Gasteiger partial charge in [0.25, 0.3) is 0 Å². The highest BCUT2D eigenvalue weighted by molar-refractivity contribution is 5.71. The molecule has 94 valence electrons. The number of hydrogen-bond donors (Lipinski definition) is 1. The monoisotopic (exact) mass is 236 g/mol. The van der Waals surface area contributed by atoms with Gasteiger partial charge in [0.05, 0.1) is 13.5 Å². The molecule has 0 aliphatic rings. The van der Waals surface area contributed by atoms with Crippen LogP contribution in [-0.2, 0) is 14.9 Å². The Bertz CT molecular complexity index is 384. The van der Waals surface area contributed by atoms with Gasteiger partial charge in [0.2, 0.25) is 0 Å². The van der Waals surface area contributed by atoms with E-state index in [4.69, 9.17) is 10.5 Å². The summed E-state index contributed by atoms with van der Waals surface area (Å²) in [5.41, 5.74) is 6.19. The summed E-state index contributed by atoms with van der Waals surface area (Å²) in [6, 6.07) is 3.77. The van der Waals surface area contributed by atoms with Gasteiger partial charge >= 0.3 is 5.97 Å². The van der Waals surface area contributed by atoms with Crippen molar-refractivity contribution in [3.8, 4) is 0 Å². The van der Waals surface area contributed by atoms with Crippen molar-refractivity contribution >= 4 is 5.97 Å². The SMILES string of the molecule is COC(=O)CC(C)(c1ccncc1)C(C)(C)N. The Morgan fingerprint density at radius 1 is 1.35 bits per heavy atom. The summed E-state index contributed by atoms with van der Waals surface area (Å²) in [6.45, 7) is 5.80. The van der Waals surface area contributed by atoms with Crippen molar-refractivity contribution in [2.24, 2.45) is 5.73 Å². The van der Waals surface area contributed by atoms with Crippen LogP contribution < -0.4 is 5.73 Å². The first-order valence-corrected chi connectivity index (χ1v) is 5.57. The lowest BCUT2D eigenvalue weighted by atomic mass is 9.67. The van der Waals surface area contributed by atoms with Gasteiger partial charge in [-0.15, -0.1) is 0 Å². The molecule has 0 bridgehead atoms. The Balaban J connectivity index is 3.16. The second-order valence-corrected chi connectivity index (χ2v) is 5.04. The minimum atomic E-state index is -0.539. The quantitative estimate of drug-likeness (QED) is 0.807. The molecule has 4 nitrogen and oxygen atoms in total. The van der Waals surface area contributed by atoms with Crippen LogP contribution in [0, 0.1) is 0 Å². The topological polar surface area (TPSA) is 65.2 Å². The molecule has 4 heteroatoms. The average Bonchev–Trinajstić information content (AvgIpc) is 2.28. The van der Waals surface area contributed by atoms with Crippen molar-refractivity contribution in [1.82, 2.24) is 4.98 Å². The van der Waals surface area contributed by atoms with Gasteiger partial charge in [-0.1, -0.05) is 6.92 Å². The maximum atomic E-state index is 11.6. The third-order valence-electron chi connectivity index (χ3n) is 3.47. The van der Waals surface area contributed by atoms with E-state index in [0.717, 1.165) is 5.56 Å². The van der Waals surface area contributed by atoms with Crippen molar-refractivity contribution in [1.29, 1.82) is 0 Å². The fourth-order valence-electron chi connectivity index (χ4n) is 1.78. The second-order valence-electron chi connectivity index (χ2n) is 5.04. The molecule has 1 aromatic rings. The molecule has 0 aromatic carbocycles. The highest BCUT2D eigenvalue weighted by atomic mass is 16.5. The molecule has 1 unspecified atom stereocenters. The minimum Gasteiger partial charge on any atom is -0.469 e. The van der Waals surface area contributed by atoms with Crippen LogP contribution >= 0.6 is 0 Å². The first-order valence-electron chi connectivity index (χ1n) is 5.57. The van der Waals surface area contributed by atoms with E-state index in [-0.39, 0.29) is 12.4 Å². The van der Waals surface area contributed by atoms with E-state index in [9.17, 15) is 4.79 Å². The predicted molar refractivity (Wildman–Crippen MR) is 66.5 cm³/mol. The molecule has 0 aliphatic heterocycles. The number of pyridine rings is 1. The summed E-state index contributed by atoms with van der Waals surface area (Å²) in [6.07, 6.45) is 3.66. The van der Waals surface area contributed by atoms with Crippen molar-refractivity contribution in [2.45, 2.75) is 38.1 Å². The van der Waals surface area contributed by atoms with Crippen LogP contribution in [0.2, 0.25) is 0 Å². The Morgan fingerprint density at radius 2 is 1.88 bits per heavy atom. The lowest BCUT2D eigenvalue weighted by Gasteiger charge is -2.41. The number of hydrogen-bond acceptors (Lipinski definition) is 4. The number of nitrogens with two attached hydrogens (primary N) is 1. The Hall–Kier alpha value is -1.42. The van der Waals surface area contributed by atoms with Gasteiger partial charge in [-0.25, -0.2) is 0 Å². The van der Waals surface area contributed by atoms with Gasteiger partial charge in [0, 0.05) is 23.3 Å². The number of carbonyl (C=O) groups is 1. The molecule has 1 atom stereocenters. The maximum Gasteiger partial charge on any atom is 0.306 e. The Labute approximate surface area is 102 Å². The molecule has 0 saturated carbocycles. The zero-order chi connectivity index (χ0) is 13.1. The molecule has 0 amide bonds. The van der Waals surface area contributed by atoms with Crippen molar-refractivity contribution in [3.63, 3.8) is 0 Å². The lowest BCUT2D eigenvalue weighted by Crippen LogP contribution is -2.53. The van der Waals surface area contributed by atoms with E-state index in [1.807, 2.05) is 32.9 Å². The zero-order valence-electron chi connectivity index (χ0n) is 10.9. The molecule has 17 heavy (non-hydrogen) atoms. The van der Waals surface area contributed by atoms with E-state index >= 15 is 0 Å². The van der Waals surface area contributed by atoms with E-state index in [1.54, 1.807) is 12.4 Å². The summed E-state index contributed by atoms with van der Waals surface area (Å²) in [5.74, 6) is -0.261. The summed E-state index contributed by atoms with van der Waals surface area (Å²) in [4.78, 5) is 15.5. The molecule has 1 heterocycles. The first-order chi connectivity index (χ1) is 7.81. The Kier molecular flexibility index (Phi) is 3.88. The zero-order valence-corrected chi connectivity index (χ0v) is 10.9. The van der Waals surface area contributed by atoms with Gasteiger partial charge in [-0.2, -0.15) is 0 Å². The van der Waals surface area contributed by atoms with Crippen molar-refractivity contribution < 1.29 is 9.53 Å². The second kappa shape index (κ2) is 4.84. The summed E-state index contributed by atoms with van der Waals surface area (Å²) in [7, 11) is 1.39. The van der Waals surface area contributed by atoms with Crippen LogP contribution in [0.5, 0.6) is 0 Å². The highest BCUT2D eigenvalue weighted by Gasteiger charge is 2.41. The van der Waals surface area contributed by atoms with Crippen LogP contribution in [0.1, 0.15) is 32.8 Å². The predicted octanol–water partition coefficient (Wildman–Crippen LogP) is 1.64. The lowest BCUT2D eigenvalue weighted by molar-refractivity contribution is -0.142. The van der Waals surface area contributed by atoms with E-state index in [1.165, 1.54) is 7.11 Å². The van der Waals surface area contributed by atoms with Crippen molar-refractivity contribution in [2.75, 3.05) is 7.11 Å². The van der Waals surface area contributed by atoms with Gasteiger partial charge in [0.15, 0.2) is 0 Å². The number of carbonyl (C=O) groups excluding carboxylic acids is 1. The van der Waals surface area contributed by atoms with Crippen LogP contribution in [0.15, 0.2) is 24.5 Å². The molecule has 2 N–H and O–H groups in total. The first kappa shape index (κ1) is 13.6. The van der Waals surface area contributed by atoms with E-state index in [0.29, 0.717) is 0 Å². The number of methoxy groups -OCH3 is 1. The third-order valence-corrected chi connectivity index (χ3v) is 3.47. The third kappa shape index (κ3) is 2.82. The van der Waals surface area contributed by atoms with E-state index in [2.05, 4.69) is 4.98 Å². The number of nitrogens with zero attached hydrogens (tertiary/aromatic N) is 1. The number of rotatable bonds is 4. The van der Waals surface area contributed by atoms with Gasteiger partial charge in [0.1, 0.15) is 0 Å². The van der Waals surface area contributed by atoms with Crippen LogP contribution in [0.25, 0.3) is 0 Å². The summed E-state index contributed by atoms with van der Waals surface area (Å²) >= 11 is 0. The smallest absolute Gasteiger partial charge is 0.306 e. The fourth-order valence-corrected chi connectivity index (χ4v) is 1.78. The van der Waals surface area contributed by atoms with E-state index < -0.39 is 11.0 Å². The molecule has 1 rings (SSSR count). The van der Waals surface area contributed by atoms with Crippen LogP contribution in [0.3, 0.4) is 0 Å². The molecule has 1 aromatic heterocycles. The largest absolute Gasteiger partial charge is 0.469 e. The summed E-state index contributed by atoms with van der Waals surface area (Å²) < 4.78 is 4.75. The Morgan fingerprint density at radius 3 is 2.29 bits per heavy atom. The summed E-state index contributed by atoms with van der Waals surface area (Å²) in [5, 5.41) is 0. The van der Waals surface area contributed by atoms with Gasteiger partial charge < -0.3 is 10.5 Å². The molecular weight excluding hydrogens is 216 g/mol. The molecule has 0 fully saturated rings. The van der Waals surface area contributed by atoms with Crippen LogP contribution in [0.4, 0.5) is 0 Å². The molecule has 0 aliphatic carbocycles. The van der Waals surface area contributed by atoms with Gasteiger partial charge in [-0.3, -0.25) is 9.78 Å². The molecule has 0 radical (unpaired) electrons. The average molecular weight is 236 g/mol. The maximum absolute atomic E-state index is 11.6. The molecular formula is C13H20N2O2. The van der Waals surface area contributed by atoms with Gasteiger partial charge in [-0.05, 0) is 31.5 Å². The van der Waals surface area contributed by atoms with Crippen molar-refractivity contribution in [3.05, 3.63) is 30.1 Å². The minimum absolute atomic E-state index is 0.247. The normalized spacial score (nSPS) is 15.1. The van der Waals surface area contributed by atoms with Crippen LogP contribution in [-0.4, -0.2) is 23.6 Å². The number of ether oxygens (including phenoxy) is 1. The molecule has 0 spiro atoms. The highest BCUT2D eigenvalue weighted by Crippen LogP contribution is 2.36. The number of esters is 1. The molecule has 0 saturated heterocycles. The number of aromatic nitrogens is 1. The standard InChI is InChI=1S/C13H20N2O2/c1-12(2,14)13(3,9-11(16)17-4)10-5-7-15-8-6-10/h5-8H,9,14H2,1-4H3.